The molecular formula is C12H16N2O2S2. The molecule has 1 aromatic carbocycles. The molecule has 3 N–H and O–H groups in total. The molecule has 0 aromatic heterocycles. The molecule has 1 aliphatic rings. The highest BCUT2D eigenvalue weighted by Gasteiger charge is 2.22. The molecule has 1 heterocycles. The Kier molecular flexibility index (Phi) is 4.66. The Hall–Kier alpha value is -1.01. The molecule has 98 valence electrons. The summed E-state index contributed by atoms with van der Waals surface area (Å²) in [4.78, 5) is 12.1. The van der Waals surface area contributed by atoms with Gasteiger partial charge < -0.3 is 15.8 Å². The maximum Gasteiger partial charge on any atom is 0.238 e. The van der Waals surface area contributed by atoms with Gasteiger partial charge in [0.05, 0.1) is 23.7 Å². The van der Waals surface area contributed by atoms with Crippen LogP contribution in [-0.4, -0.2) is 35.5 Å². The third kappa shape index (κ3) is 3.26. The standard InChI is InChI=1S/C12H16N2O2S2/c1-16-8-2-3-9(13)10(6-8)14-12(15)11-7-17-4-5-18-11/h2-3,6,11H,4-5,7,13H2,1H3,(H,14,15). The van der Waals surface area contributed by atoms with E-state index in [-0.39, 0.29) is 11.2 Å². The van der Waals surface area contributed by atoms with Crippen molar-refractivity contribution in [3.63, 3.8) is 0 Å². The second-order valence-corrected chi connectivity index (χ2v) is 6.34. The van der Waals surface area contributed by atoms with Crippen LogP contribution in [0.15, 0.2) is 18.2 Å². The minimum atomic E-state index is 0.00866. The van der Waals surface area contributed by atoms with E-state index in [4.69, 9.17) is 10.5 Å². The lowest BCUT2D eigenvalue weighted by molar-refractivity contribution is -0.115. The lowest BCUT2D eigenvalue weighted by Crippen LogP contribution is -2.30. The summed E-state index contributed by atoms with van der Waals surface area (Å²) in [6, 6.07) is 5.25. The van der Waals surface area contributed by atoms with Gasteiger partial charge in [0.25, 0.3) is 0 Å². The summed E-state index contributed by atoms with van der Waals surface area (Å²) < 4.78 is 5.12. The second-order valence-electron chi connectivity index (χ2n) is 3.88. The second kappa shape index (κ2) is 6.24. The zero-order valence-corrected chi connectivity index (χ0v) is 11.8. The molecule has 0 bridgehead atoms. The Morgan fingerprint density at radius 3 is 3.00 bits per heavy atom. The number of thioether (sulfide) groups is 2. The zero-order valence-electron chi connectivity index (χ0n) is 10.1. The largest absolute Gasteiger partial charge is 0.497 e. The van der Waals surface area contributed by atoms with Gasteiger partial charge in [0, 0.05) is 23.3 Å². The topological polar surface area (TPSA) is 64.3 Å². The van der Waals surface area contributed by atoms with Gasteiger partial charge in [-0.15, -0.1) is 11.8 Å². The quantitative estimate of drug-likeness (QED) is 0.832. The summed E-state index contributed by atoms with van der Waals surface area (Å²) in [7, 11) is 1.59. The van der Waals surface area contributed by atoms with Crippen LogP contribution in [0.25, 0.3) is 0 Å². The normalized spacial score (nSPS) is 19.3. The van der Waals surface area contributed by atoms with Gasteiger partial charge in [-0.1, -0.05) is 0 Å². The highest BCUT2D eigenvalue weighted by atomic mass is 32.2. The number of nitrogen functional groups attached to an aromatic ring is 1. The summed E-state index contributed by atoms with van der Waals surface area (Å²) in [5.74, 6) is 3.71. The number of methoxy groups -OCH3 is 1. The van der Waals surface area contributed by atoms with E-state index < -0.39 is 0 Å². The molecule has 6 heteroatoms. The highest BCUT2D eigenvalue weighted by molar-refractivity contribution is 8.07. The van der Waals surface area contributed by atoms with Gasteiger partial charge in [0.2, 0.25) is 5.91 Å². The van der Waals surface area contributed by atoms with Gasteiger partial charge in [0.1, 0.15) is 5.75 Å². The van der Waals surface area contributed by atoms with Gasteiger partial charge in [-0.25, -0.2) is 0 Å². The molecule has 4 nitrogen and oxygen atoms in total. The molecule has 0 aliphatic carbocycles. The van der Waals surface area contributed by atoms with Crippen molar-refractivity contribution in [2.24, 2.45) is 0 Å². The first kappa shape index (κ1) is 13.4. The molecule has 1 aromatic rings. The average Bonchev–Trinajstić information content (AvgIpc) is 2.42. The molecule has 1 aliphatic heterocycles. The van der Waals surface area contributed by atoms with Crippen LogP contribution >= 0.6 is 23.5 Å². The van der Waals surface area contributed by atoms with Gasteiger partial charge >= 0.3 is 0 Å². The number of anilines is 2. The third-order valence-electron chi connectivity index (χ3n) is 2.63. The number of benzene rings is 1. The smallest absolute Gasteiger partial charge is 0.238 e. The van der Waals surface area contributed by atoms with E-state index in [1.54, 1.807) is 37.1 Å². The minimum absolute atomic E-state index is 0.00866. The van der Waals surface area contributed by atoms with Crippen LogP contribution in [0.4, 0.5) is 11.4 Å². The van der Waals surface area contributed by atoms with Crippen LogP contribution in [0.5, 0.6) is 5.75 Å². The van der Waals surface area contributed by atoms with E-state index in [1.807, 2.05) is 11.8 Å². The van der Waals surface area contributed by atoms with Crippen LogP contribution < -0.4 is 15.8 Å². The summed E-state index contributed by atoms with van der Waals surface area (Å²) >= 11 is 3.52. The molecule has 1 saturated heterocycles. The molecule has 1 unspecified atom stereocenters. The van der Waals surface area contributed by atoms with Crippen molar-refractivity contribution >= 4 is 40.8 Å². The molecule has 1 atom stereocenters. The molecule has 0 spiro atoms. The van der Waals surface area contributed by atoms with Gasteiger partial charge in [-0.3, -0.25) is 4.79 Å². The van der Waals surface area contributed by atoms with Gasteiger partial charge in [-0.2, -0.15) is 11.8 Å². The molecule has 1 amide bonds. The first-order valence-electron chi connectivity index (χ1n) is 5.64. The minimum Gasteiger partial charge on any atom is -0.497 e. The lowest BCUT2D eigenvalue weighted by Gasteiger charge is -2.20. The predicted molar refractivity (Wildman–Crippen MR) is 79.6 cm³/mol. The van der Waals surface area contributed by atoms with Crippen molar-refractivity contribution in [3.05, 3.63) is 18.2 Å². The van der Waals surface area contributed by atoms with Crippen LogP contribution in [0.3, 0.4) is 0 Å². The van der Waals surface area contributed by atoms with E-state index >= 15 is 0 Å². The number of rotatable bonds is 3. The number of nitrogens with one attached hydrogen (secondary N) is 1. The average molecular weight is 284 g/mol. The predicted octanol–water partition coefficient (Wildman–Crippen LogP) is 2.06. The first-order valence-corrected chi connectivity index (χ1v) is 7.85. The Morgan fingerprint density at radius 2 is 2.33 bits per heavy atom. The molecule has 18 heavy (non-hydrogen) atoms. The van der Waals surface area contributed by atoms with E-state index in [0.717, 1.165) is 17.3 Å². The fourth-order valence-corrected chi connectivity index (χ4v) is 4.18. The summed E-state index contributed by atoms with van der Waals surface area (Å²) in [5, 5.41) is 2.89. The van der Waals surface area contributed by atoms with Crippen molar-refractivity contribution in [2.45, 2.75) is 5.25 Å². The Morgan fingerprint density at radius 1 is 1.50 bits per heavy atom. The van der Waals surface area contributed by atoms with Gasteiger partial charge in [-0.05, 0) is 12.1 Å². The number of carbonyl (C=O) groups excluding carboxylic acids is 1. The maximum atomic E-state index is 12.1. The fourth-order valence-electron chi connectivity index (χ4n) is 1.62. The SMILES string of the molecule is COc1ccc(N)c(NC(=O)C2CSCCS2)c1. The maximum absolute atomic E-state index is 12.1. The van der Waals surface area contributed by atoms with Crippen LogP contribution in [0.1, 0.15) is 0 Å². The van der Waals surface area contributed by atoms with E-state index in [9.17, 15) is 4.79 Å². The van der Waals surface area contributed by atoms with Crippen molar-refractivity contribution < 1.29 is 9.53 Å². The Balaban J connectivity index is 2.05. The van der Waals surface area contributed by atoms with Crippen molar-refractivity contribution in [1.82, 2.24) is 0 Å². The molecule has 0 saturated carbocycles. The number of carbonyl (C=O) groups is 1. The van der Waals surface area contributed by atoms with Crippen LogP contribution in [-0.2, 0) is 4.79 Å². The number of ether oxygens (including phenoxy) is 1. The van der Waals surface area contributed by atoms with Crippen molar-refractivity contribution in [1.29, 1.82) is 0 Å². The Bertz CT molecular complexity index is 434. The van der Waals surface area contributed by atoms with E-state index in [2.05, 4.69) is 5.32 Å². The summed E-state index contributed by atoms with van der Waals surface area (Å²) in [5.41, 5.74) is 7.01. The van der Waals surface area contributed by atoms with Crippen LogP contribution in [0, 0.1) is 0 Å². The third-order valence-corrected chi connectivity index (χ3v) is 5.38. The number of hydrogen-bond donors (Lipinski definition) is 2. The van der Waals surface area contributed by atoms with Crippen molar-refractivity contribution in [2.75, 3.05) is 35.4 Å². The first-order chi connectivity index (χ1) is 8.70. The summed E-state index contributed by atoms with van der Waals surface area (Å²) in [6.07, 6.45) is 0. The number of hydrogen-bond acceptors (Lipinski definition) is 5. The number of nitrogens with two attached hydrogens (primary N) is 1. The fraction of sp³-hybridized carbons (Fsp3) is 0.417. The molecule has 0 radical (unpaired) electrons. The molecule has 2 rings (SSSR count). The molecule has 1 fully saturated rings. The summed E-state index contributed by atoms with van der Waals surface area (Å²) in [6.45, 7) is 0. The van der Waals surface area contributed by atoms with E-state index in [1.165, 1.54) is 0 Å². The lowest BCUT2D eigenvalue weighted by atomic mass is 10.2. The van der Waals surface area contributed by atoms with E-state index in [0.29, 0.717) is 17.1 Å². The monoisotopic (exact) mass is 284 g/mol. The Labute approximate surface area is 115 Å². The zero-order chi connectivity index (χ0) is 13.0. The highest BCUT2D eigenvalue weighted by Crippen LogP contribution is 2.28. The number of amides is 1. The molecular weight excluding hydrogens is 268 g/mol. The van der Waals surface area contributed by atoms with Crippen LogP contribution in [0.2, 0.25) is 0 Å². The van der Waals surface area contributed by atoms with Crippen molar-refractivity contribution in [3.8, 4) is 5.75 Å². The van der Waals surface area contributed by atoms with Gasteiger partial charge in [0.15, 0.2) is 0 Å².